The summed E-state index contributed by atoms with van der Waals surface area (Å²) in [6.07, 6.45) is 4.87. The molecule has 0 radical (unpaired) electrons. The SMILES string of the molecule is CCCNc1ncnc(N(C)C(C)CSC)c1C. The number of aromatic nitrogens is 2. The van der Waals surface area contributed by atoms with Crippen LogP contribution in [0.4, 0.5) is 11.6 Å². The van der Waals surface area contributed by atoms with Crippen LogP contribution in [-0.2, 0) is 0 Å². The average Bonchev–Trinajstić information content (AvgIpc) is 2.37. The Kier molecular flexibility index (Phi) is 6.25. The highest BCUT2D eigenvalue weighted by atomic mass is 32.2. The lowest BCUT2D eigenvalue weighted by Crippen LogP contribution is -2.32. The van der Waals surface area contributed by atoms with E-state index in [-0.39, 0.29) is 0 Å². The maximum Gasteiger partial charge on any atom is 0.137 e. The summed E-state index contributed by atoms with van der Waals surface area (Å²) in [6, 6.07) is 0.465. The van der Waals surface area contributed by atoms with E-state index in [0.29, 0.717) is 6.04 Å². The molecule has 18 heavy (non-hydrogen) atoms. The molecule has 0 spiro atoms. The van der Waals surface area contributed by atoms with Crippen molar-refractivity contribution in [3.63, 3.8) is 0 Å². The van der Waals surface area contributed by atoms with Gasteiger partial charge >= 0.3 is 0 Å². The van der Waals surface area contributed by atoms with Crippen molar-refractivity contribution >= 4 is 23.4 Å². The van der Waals surface area contributed by atoms with Gasteiger partial charge in [0, 0.05) is 31.0 Å². The predicted molar refractivity (Wildman–Crippen MR) is 81.8 cm³/mol. The van der Waals surface area contributed by atoms with Crippen LogP contribution in [0.1, 0.15) is 25.8 Å². The standard InChI is InChI=1S/C13H24N4S/c1-6-7-14-12-11(3)13(16-9-15-12)17(4)10(2)8-18-5/h9-10H,6-8H2,1-5H3,(H,14,15,16). The number of anilines is 2. The summed E-state index contributed by atoms with van der Waals surface area (Å²) in [5, 5.41) is 3.35. The maximum atomic E-state index is 4.42. The van der Waals surface area contributed by atoms with Gasteiger partial charge in [-0.3, -0.25) is 0 Å². The number of rotatable bonds is 7. The molecule has 0 aliphatic carbocycles. The Morgan fingerprint density at radius 2 is 2.17 bits per heavy atom. The van der Waals surface area contributed by atoms with Gasteiger partial charge < -0.3 is 10.2 Å². The van der Waals surface area contributed by atoms with Crippen molar-refractivity contribution in [2.75, 3.05) is 35.8 Å². The highest BCUT2D eigenvalue weighted by Gasteiger charge is 2.15. The van der Waals surface area contributed by atoms with Crippen LogP contribution < -0.4 is 10.2 Å². The molecule has 1 aromatic heterocycles. The molecule has 1 unspecified atom stereocenters. The van der Waals surface area contributed by atoms with E-state index in [0.717, 1.165) is 35.9 Å². The molecule has 0 saturated carbocycles. The molecule has 0 aliphatic heterocycles. The van der Waals surface area contributed by atoms with Crippen molar-refractivity contribution in [3.8, 4) is 0 Å². The van der Waals surface area contributed by atoms with Crippen LogP contribution in [0, 0.1) is 6.92 Å². The van der Waals surface area contributed by atoms with Gasteiger partial charge in [-0.05, 0) is 26.5 Å². The number of nitrogens with one attached hydrogen (secondary N) is 1. The number of hydrogen-bond acceptors (Lipinski definition) is 5. The Balaban J connectivity index is 2.88. The molecular formula is C13H24N4S. The van der Waals surface area contributed by atoms with Crippen molar-refractivity contribution in [2.24, 2.45) is 0 Å². The molecule has 0 aliphatic rings. The molecule has 1 atom stereocenters. The maximum absolute atomic E-state index is 4.42. The molecule has 5 heteroatoms. The highest BCUT2D eigenvalue weighted by Crippen LogP contribution is 2.23. The monoisotopic (exact) mass is 268 g/mol. The first-order valence-corrected chi connectivity index (χ1v) is 7.78. The van der Waals surface area contributed by atoms with Crippen LogP contribution in [0.3, 0.4) is 0 Å². The normalized spacial score (nSPS) is 12.3. The molecule has 1 N–H and O–H groups in total. The molecule has 1 rings (SSSR count). The van der Waals surface area contributed by atoms with E-state index in [4.69, 9.17) is 0 Å². The summed E-state index contributed by atoms with van der Waals surface area (Å²) in [5.74, 6) is 3.06. The minimum Gasteiger partial charge on any atom is -0.370 e. The van der Waals surface area contributed by atoms with Crippen LogP contribution in [0.2, 0.25) is 0 Å². The van der Waals surface area contributed by atoms with Crippen LogP contribution in [-0.4, -0.2) is 41.6 Å². The van der Waals surface area contributed by atoms with Gasteiger partial charge in [0.05, 0.1) is 0 Å². The molecule has 1 aromatic rings. The highest BCUT2D eigenvalue weighted by molar-refractivity contribution is 7.98. The average molecular weight is 268 g/mol. The molecule has 102 valence electrons. The molecule has 0 saturated heterocycles. The second-order valence-electron chi connectivity index (χ2n) is 4.51. The molecule has 0 amide bonds. The van der Waals surface area contributed by atoms with E-state index in [9.17, 15) is 0 Å². The minimum atomic E-state index is 0.465. The summed E-state index contributed by atoms with van der Waals surface area (Å²) in [4.78, 5) is 11.0. The Morgan fingerprint density at radius 1 is 1.44 bits per heavy atom. The van der Waals surface area contributed by atoms with Crippen LogP contribution in [0.15, 0.2) is 6.33 Å². The zero-order valence-electron chi connectivity index (χ0n) is 12.0. The fourth-order valence-corrected chi connectivity index (χ4v) is 2.49. The fourth-order valence-electron chi connectivity index (χ4n) is 1.78. The van der Waals surface area contributed by atoms with E-state index >= 15 is 0 Å². The topological polar surface area (TPSA) is 41.1 Å². The van der Waals surface area contributed by atoms with Crippen LogP contribution >= 0.6 is 11.8 Å². The van der Waals surface area contributed by atoms with Gasteiger partial charge in [0.2, 0.25) is 0 Å². The third kappa shape index (κ3) is 3.77. The largest absolute Gasteiger partial charge is 0.370 e. The van der Waals surface area contributed by atoms with Gasteiger partial charge in [-0.1, -0.05) is 6.92 Å². The van der Waals surface area contributed by atoms with Gasteiger partial charge in [-0.15, -0.1) is 0 Å². The first kappa shape index (κ1) is 15.1. The summed E-state index contributed by atoms with van der Waals surface area (Å²) < 4.78 is 0. The lowest BCUT2D eigenvalue weighted by Gasteiger charge is -2.27. The van der Waals surface area contributed by atoms with E-state index < -0.39 is 0 Å². The Morgan fingerprint density at radius 3 is 2.78 bits per heavy atom. The van der Waals surface area contributed by atoms with Gasteiger partial charge in [0.15, 0.2) is 0 Å². The first-order valence-electron chi connectivity index (χ1n) is 6.39. The Bertz CT molecular complexity index is 370. The number of nitrogens with zero attached hydrogens (tertiary/aromatic N) is 3. The lowest BCUT2D eigenvalue weighted by molar-refractivity contribution is 0.748. The third-order valence-electron chi connectivity index (χ3n) is 3.00. The number of thioether (sulfide) groups is 1. The van der Waals surface area contributed by atoms with Gasteiger partial charge in [-0.2, -0.15) is 11.8 Å². The fraction of sp³-hybridized carbons (Fsp3) is 0.692. The Labute approximate surface area is 115 Å². The summed E-state index contributed by atoms with van der Waals surface area (Å²) in [7, 11) is 2.10. The first-order chi connectivity index (χ1) is 8.61. The van der Waals surface area contributed by atoms with Gasteiger partial charge in [-0.25, -0.2) is 9.97 Å². The van der Waals surface area contributed by atoms with Crippen molar-refractivity contribution in [1.29, 1.82) is 0 Å². The van der Waals surface area contributed by atoms with Crippen molar-refractivity contribution < 1.29 is 0 Å². The molecule has 4 nitrogen and oxygen atoms in total. The quantitative estimate of drug-likeness (QED) is 0.823. The minimum absolute atomic E-state index is 0.465. The predicted octanol–water partition coefficient (Wildman–Crippen LogP) is 2.79. The molecule has 0 bridgehead atoms. The van der Waals surface area contributed by atoms with Gasteiger partial charge in [0.1, 0.15) is 18.0 Å². The van der Waals surface area contributed by atoms with E-state index in [1.165, 1.54) is 0 Å². The lowest BCUT2D eigenvalue weighted by atomic mass is 10.2. The van der Waals surface area contributed by atoms with Crippen molar-refractivity contribution in [1.82, 2.24) is 9.97 Å². The van der Waals surface area contributed by atoms with Crippen LogP contribution in [0.5, 0.6) is 0 Å². The van der Waals surface area contributed by atoms with Gasteiger partial charge in [0.25, 0.3) is 0 Å². The molecule has 0 fully saturated rings. The van der Waals surface area contributed by atoms with Crippen molar-refractivity contribution in [3.05, 3.63) is 11.9 Å². The van der Waals surface area contributed by atoms with E-state index in [2.05, 4.69) is 54.3 Å². The second-order valence-corrected chi connectivity index (χ2v) is 5.42. The number of hydrogen-bond donors (Lipinski definition) is 1. The molecule has 1 heterocycles. The van der Waals surface area contributed by atoms with Crippen LogP contribution in [0.25, 0.3) is 0 Å². The zero-order valence-corrected chi connectivity index (χ0v) is 12.8. The summed E-state index contributed by atoms with van der Waals surface area (Å²) >= 11 is 1.86. The molecule has 0 aromatic carbocycles. The molecular weight excluding hydrogens is 244 g/mol. The zero-order chi connectivity index (χ0) is 13.5. The van der Waals surface area contributed by atoms with E-state index in [1.807, 2.05) is 11.8 Å². The second kappa shape index (κ2) is 7.46. The van der Waals surface area contributed by atoms with E-state index in [1.54, 1.807) is 6.33 Å². The summed E-state index contributed by atoms with van der Waals surface area (Å²) in [6.45, 7) is 7.39. The Hall–Kier alpha value is -0.970. The van der Waals surface area contributed by atoms with Crippen molar-refractivity contribution in [2.45, 2.75) is 33.2 Å². The smallest absolute Gasteiger partial charge is 0.137 e. The summed E-state index contributed by atoms with van der Waals surface area (Å²) in [5.41, 5.74) is 1.13. The third-order valence-corrected chi connectivity index (χ3v) is 3.82.